The third-order valence-corrected chi connectivity index (χ3v) is 4.15. The van der Waals surface area contributed by atoms with Crippen LogP contribution in [0, 0.1) is 10.1 Å². The zero-order valence-electron chi connectivity index (χ0n) is 14.6. The average molecular weight is 373 g/mol. The molecule has 0 bridgehead atoms. The number of benzene rings is 2. The van der Waals surface area contributed by atoms with Crippen molar-refractivity contribution < 1.29 is 9.34 Å². The lowest BCUT2D eigenvalue weighted by molar-refractivity contribution is -0.383. The molecule has 0 spiro atoms. The van der Waals surface area contributed by atoms with Gasteiger partial charge in [0.15, 0.2) is 0 Å². The predicted octanol–water partition coefficient (Wildman–Crippen LogP) is 4.64. The van der Waals surface area contributed by atoms with Crippen molar-refractivity contribution in [2.75, 3.05) is 11.1 Å². The van der Waals surface area contributed by atoms with E-state index in [-0.39, 0.29) is 11.6 Å². The SMILES string of the molecule is Nc1ncc(-c2cccc(Nc3ccc(-c4ccco4)cc3[N+](=O)[O-])c2)cn1. The van der Waals surface area contributed by atoms with E-state index in [0.717, 1.165) is 11.1 Å². The minimum atomic E-state index is -0.424. The Kier molecular flexibility index (Phi) is 4.43. The number of hydrogen-bond acceptors (Lipinski definition) is 7. The number of aromatic nitrogens is 2. The maximum Gasteiger partial charge on any atom is 0.293 e. The van der Waals surface area contributed by atoms with Gasteiger partial charge in [-0.05, 0) is 42.0 Å². The Morgan fingerprint density at radius 2 is 1.79 bits per heavy atom. The Labute approximate surface area is 159 Å². The molecule has 4 aromatic rings. The summed E-state index contributed by atoms with van der Waals surface area (Å²) in [5.41, 5.74) is 8.84. The van der Waals surface area contributed by atoms with Crippen LogP contribution in [-0.2, 0) is 0 Å². The van der Waals surface area contributed by atoms with Crippen LogP contribution in [0.3, 0.4) is 0 Å². The lowest BCUT2D eigenvalue weighted by Crippen LogP contribution is -1.98. The van der Waals surface area contributed by atoms with Crippen molar-refractivity contribution in [2.24, 2.45) is 0 Å². The molecule has 2 aromatic carbocycles. The summed E-state index contributed by atoms with van der Waals surface area (Å²) in [4.78, 5) is 19.1. The second-order valence-electron chi connectivity index (χ2n) is 6.00. The molecule has 3 N–H and O–H groups in total. The smallest absolute Gasteiger partial charge is 0.293 e. The number of nitrogens with two attached hydrogens (primary N) is 1. The van der Waals surface area contributed by atoms with E-state index in [0.29, 0.717) is 22.7 Å². The number of anilines is 3. The normalized spacial score (nSPS) is 10.6. The number of hydrogen-bond donors (Lipinski definition) is 2. The molecule has 0 fully saturated rings. The molecule has 138 valence electrons. The highest BCUT2D eigenvalue weighted by atomic mass is 16.6. The summed E-state index contributed by atoms with van der Waals surface area (Å²) in [7, 11) is 0. The first kappa shape index (κ1) is 17.2. The van der Waals surface area contributed by atoms with Gasteiger partial charge < -0.3 is 15.5 Å². The van der Waals surface area contributed by atoms with E-state index in [1.165, 1.54) is 12.3 Å². The summed E-state index contributed by atoms with van der Waals surface area (Å²) in [6.07, 6.45) is 4.78. The molecule has 8 heteroatoms. The summed E-state index contributed by atoms with van der Waals surface area (Å²) in [6.45, 7) is 0. The van der Waals surface area contributed by atoms with Crippen LogP contribution in [-0.4, -0.2) is 14.9 Å². The van der Waals surface area contributed by atoms with Gasteiger partial charge in [-0.3, -0.25) is 10.1 Å². The highest BCUT2D eigenvalue weighted by molar-refractivity contribution is 5.77. The molecular weight excluding hydrogens is 358 g/mol. The molecule has 0 aliphatic carbocycles. The van der Waals surface area contributed by atoms with Crippen molar-refractivity contribution in [1.29, 1.82) is 0 Å². The molecule has 0 aliphatic rings. The van der Waals surface area contributed by atoms with E-state index < -0.39 is 4.92 Å². The van der Waals surface area contributed by atoms with E-state index in [1.807, 2.05) is 24.3 Å². The van der Waals surface area contributed by atoms with Crippen LogP contribution in [0.2, 0.25) is 0 Å². The minimum absolute atomic E-state index is 0.0462. The van der Waals surface area contributed by atoms with Gasteiger partial charge in [-0.15, -0.1) is 0 Å². The van der Waals surface area contributed by atoms with Gasteiger partial charge in [-0.1, -0.05) is 12.1 Å². The highest BCUT2D eigenvalue weighted by Gasteiger charge is 2.16. The van der Waals surface area contributed by atoms with E-state index in [4.69, 9.17) is 10.2 Å². The summed E-state index contributed by atoms with van der Waals surface area (Å²) >= 11 is 0. The van der Waals surface area contributed by atoms with Crippen LogP contribution >= 0.6 is 0 Å². The Morgan fingerprint density at radius 3 is 2.50 bits per heavy atom. The quantitative estimate of drug-likeness (QED) is 0.386. The summed E-state index contributed by atoms with van der Waals surface area (Å²) < 4.78 is 5.32. The van der Waals surface area contributed by atoms with Gasteiger partial charge in [-0.25, -0.2) is 9.97 Å². The first-order chi connectivity index (χ1) is 13.6. The van der Waals surface area contributed by atoms with E-state index >= 15 is 0 Å². The van der Waals surface area contributed by atoms with Crippen molar-refractivity contribution in [2.45, 2.75) is 0 Å². The third-order valence-electron chi connectivity index (χ3n) is 4.15. The van der Waals surface area contributed by atoms with E-state index in [1.54, 1.807) is 36.7 Å². The second kappa shape index (κ2) is 7.20. The van der Waals surface area contributed by atoms with Crippen LogP contribution < -0.4 is 11.1 Å². The van der Waals surface area contributed by atoms with Crippen LogP contribution in [0.1, 0.15) is 0 Å². The number of furan rings is 1. The molecule has 0 atom stereocenters. The standard InChI is InChI=1S/C20H15N5O3/c21-20-22-11-15(12-23-20)13-3-1-4-16(9-13)24-17-7-6-14(10-18(17)25(26)27)19-5-2-8-28-19/h1-12,24H,(H2,21,22,23). The number of nitro groups is 1. The maximum absolute atomic E-state index is 11.6. The lowest BCUT2D eigenvalue weighted by Gasteiger charge is -2.10. The summed E-state index contributed by atoms with van der Waals surface area (Å²) in [6, 6.07) is 15.8. The third kappa shape index (κ3) is 3.51. The lowest BCUT2D eigenvalue weighted by atomic mass is 10.1. The minimum Gasteiger partial charge on any atom is -0.464 e. The fourth-order valence-electron chi connectivity index (χ4n) is 2.80. The molecule has 0 unspecified atom stereocenters. The van der Waals surface area contributed by atoms with Crippen molar-refractivity contribution in [1.82, 2.24) is 9.97 Å². The zero-order valence-corrected chi connectivity index (χ0v) is 14.6. The van der Waals surface area contributed by atoms with Crippen molar-refractivity contribution >= 4 is 23.0 Å². The zero-order chi connectivity index (χ0) is 19.5. The molecule has 8 nitrogen and oxygen atoms in total. The summed E-state index contributed by atoms with van der Waals surface area (Å²) in [5.74, 6) is 0.769. The molecule has 28 heavy (non-hydrogen) atoms. The Balaban J connectivity index is 1.66. The van der Waals surface area contributed by atoms with Crippen LogP contribution in [0.25, 0.3) is 22.5 Å². The number of nitro benzene ring substituents is 1. The number of rotatable bonds is 5. The van der Waals surface area contributed by atoms with Gasteiger partial charge in [0, 0.05) is 35.3 Å². The Hall–Kier alpha value is -4.20. The van der Waals surface area contributed by atoms with Crippen LogP contribution in [0.5, 0.6) is 0 Å². The van der Waals surface area contributed by atoms with Crippen molar-refractivity contribution in [3.8, 4) is 22.5 Å². The largest absolute Gasteiger partial charge is 0.464 e. The van der Waals surface area contributed by atoms with E-state index in [9.17, 15) is 10.1 Å². The molecule has 0 saturated carbocycles. The van der Waals surface area contributed by atoms with Gasteiger partial charge in [-0.2, -0.15) is 0 Å². The van der Waals surface area contributed by atoms with E-state index in [2.05, 4.69) is 15.3 Å². The molecule has 0 amide bonds. The first-order valence-corrected chi connectivity index (χ1v) is 8.37. The fraction of sp³-hybridized carbons (Fsp3) is 0. The molecule has 2 heterocycles. The molecule has 4 rings (SSSR count). The maximum atomic E-state index is 11.6. The highest BCUT2D eigenvalue weighted by Crippen LogP contribution is 2.33. The molecule has 0 radical (unpaired) electrons. The number of nitrogens with one attached hydrogen (secondary N) is 1. The Morgan fingerprint density at radius 1 is 0.964 bits per heavy atom. The average Bonchev–Trinajstić information content (AvgIpc) is 3.24. The first-order valence-electron chi connectivity index (χ1n) is 8.37. The molecular formula is C20H15N5O3. The number of nitrogens with zero attached hydrogens (tertiary/aromatic N) is 3. The van der Waals surface area contributed by atoms with Gasteiger partial charge >= 0.3 is 0 Å². The topological polar surface area (TPSA) is 120 Å². The van der Waals surface area contributed by atoms with Crippen molar-refractivity contribution in [3.05, 3.63) is 83.4 Å². The van der Waals surface area contributed by atoms with Gasteiger partial charge in [0.05, 0.1) is 11.2 Å². The van der Waals surface area contributed by atoms with Gasteiger partial charge in [0.2, 0.25) is 5.95 Å². The fourth-order valence-corrected chi connectivity index (χ4v) is 2.80. The molecule has 0 saturated heterocycles. The van der Waals surface area contributed by atoms with Gasteiger partial charge in [0.25, 0.3) is 5.69 Å². The second-order valence-corrected chi connectivity index (χ2v) is 6.00. The van der Waals surface area contributed by atoms with Crippen LogP contribution in [0.4, 0.5) is 23.0 Å². The van der Waals surface area contributed by atoms with Gasteiger partial charge in [0.1, 0.15) is 11.4 Å². The van der Waals surface area contributed by atoms with Crippen LogP contribution in [0.15, 0.2) is 77.7 Å². The molecule has 2 aromatic heterocycles. The monoisotopic (exact) mass is 373 g/mol. The number of nitrogen functional groups attached to an aromatic ring is 1. The Bertz CT molecular complexity index is 1130. The summed E-state index contributed by atoms with van der Waals surface area (Å²) in [5, 5.41) is 14.7. The predicted molar refractivity (Wildman–Crippen MR) is 106 cm³/mol. The van der Waals surface area contributed by atoms with Crippen molar-refractivity contribution in [3.63, 3.8) is 0 Å². The molecule has 0 aliphatic heterocycles.